The van der Waals surface area contributed by atoms with Crippen LogP contribution in [0.5, 0.6) is 0 Å². The molecule has 270 valence electrons. The molecule has 52 heavy (non-hydrogen) atoms. The van der Waals surface area contributed by atoms with Crippen molar-refractivity contribution < 1.29 is 14.7 Å². The molecule has 2 aromatic carbocycles. The number of aromatic nitrogens is 4. The summed E-state index contributed by atoms with van der Waals surface area (Å²) in [5.74, 6) is 3.20. The third-order valence-corrected chi connectivity index (χ3v) is 13.7. The Hall–Kier alpha value is -4.04. The first kappa shape index (κ1) is 32.6. The van der Waals surface area contributed by atoms with Gasteiger partial charge in [0.05, 0.1) is 28.8 Å². The number of nitrogens with zero attached hydrogens (tertiary/aromatic N) is 4. The van der Waals surface area contributed by atoms with Gasteiger partial charge in [0.1, 0.15) is 17.4 Å². The third kappa shape index (κ3) is 5.34. The van der Waals surface area contributed by atoms with Gasteiger partial charge in [-0.3, -0.25) is 9.59 Å². The Morgan fingerprint density at radius 1 is 0.846 bits per heavy atom. The van der Waals surface area contributed by atoms with Crippen LogP contribution in [0.25, 0.3) is 0 Å². The molecule has 2 atom stereocenters. The van der Waals surface area contributed by atoms with Crippen LogP contribution in [0.1, 0.15) is 121 Å². The Balaban J connectivity index is 0.869. The molecule has 2 spiro atoms. The van der Waals surface area contributed by atoms with Gasteiger partial charge in [-0.05, 0) is 137 Å². The standard InChI is InChI=1S/C44H51N5O3/c50-22-6-5-21-48-38-16-12-29(25-36(38)47-40(48)27-49-37-10-4-1-7-32(37)44(19-20-44)42(49)52)23-28-11-13-30-14-15-31(41(51)43(17-18-43)33(30)24-28)26-39-45-34-8-2-3-9-35(34)46-39/h1,4,7,10-11,13,24,29,31,50H,2-3,5-6,8-9,12,14-23,25-27H2,(H,45,46). The normalized spacial score (nSPS) is 23.4. The van der Waals surface area contributed by atoms with Crippen molar-refractivity contribution in [2.45, 2.75) is 133 Å². The van der Waals surface area contributed by atoms with Crippen LogP contribution in [-0.2, 0) is 78.5 Å². The number of amides is 1. The lowest BCUT2D eigenvalue weighted by Crippen LogP contribution is -2.32. The number of rotatable bonds is 10. The van der Waals surface area contributed by atoms with Crippen molar-refractivity contribution >= 4 is 17.4 Å². The molecule has 2 fully saturated rings. The van der Waals surface area contributed by atoms with E-state index in [1.54, 1.807) is 0 Å². The lowest BCUT2D eigenvalue weighted by molar-refractivity contribution is -0.125. The summed E-state index contributed by atoms with van der Waals surface area (Å²) in [5, 5.41) is 9.56. The number of imidazole rings is 2. The Morgan fingerprint density at radius 2 is 1.69 bits per heavy atom. The average molecular weight is 698 g/mol. The van der Waals surface area contributed by atoms with Crippen molar-refractivity contribution in [2.75, 3.05) is 11.5 Å². The first-order valence-corrected chi connectivity index (χ1v) is 20.3. The number of nitrogens with one attached hydrogen (secondary N) is 1. The van der Waals surface area contributed by atoms with Crippen molar-refractivity contribution in [1.82, 2.24) is 19.5 Å². The third-order valence-electron chi connectivity index (χ3n) is 13.7. The highest BCUT2D eigenvalue weighted by Crippen LogP contribution is 2.58. The van der Waals surface area contributed by atoms with Gasteiger partial charge in [-0.25, -0.2) is 9.97 Å². The van der Waals surface area contributed by atoms with Gasteiger partial charge in [0.25, 0.3) is 0 Å². The van der Waals surface area contributed by atoms with Crippen LogP contribution >= 0.6 is 0 Å². The highest BCUT2D eigenvalue weighted by Gasteiger charge is 2.59. The number of ketones is 1. The maximum atomic E-state index is 14.3. The first-order valence-electron chi connectivity index (χ1n) is 20.3. The van der Waals surface area contributed by atoms with E-state index in [4.69, 9.17) is 9.97 Å². The Bertz CT molecular complexity index is 2040. The molecule has 8 nitrogen and oxygen atoms in total. The smallest absolute Gasteiger partial charge is 0.238 e. The second-order valence-electron chi connectivity index (χ2n) is 17.0. The van der Waals surface area contributed by atoms with E-state index in [0.717, 1.165) is 120 Å². The van der Waals surface area contributed by atoms with Crippen LogP contribution in [0, 0.1) is 11.8 Å². The van der Waals surface area contributed by atoms with Gasteiger partial charge in [-0.2, -0.15) is 0 Å². The quantitative estimate of drug-likeness (QED) is 0.182. The largest absolute Gasteiger partial charge is 0.396 e. The zero-order valence-electron chi connectivity index (χ0n) is 30.4. The molecule has 2 unspecified atom stereocenters. The molecule has 0 bridgehead atoms. The predicted octanol–water partition coefficient (Wildman–Crippen LogP) is 6.59. The van der Waals surface area contributed by atoms with Crippen molar-refractivity contribution in [3.05, 3.63) is 99.1 Å². The summed E-state index contributed by atoms with van der Waals surface area (Å²) in [4.78, 5) is 43.9. The molecule has 10 rings (SSSR count). The number of hydrogen-bond donors (Lipinski definition) is 2. The maximum absolute atomic E-state index is 14.3. The minimum atomic E-state index is -0.313. The van der Waals surface area contributed by atoms with Crippen molar-refractivity contribution in [1.29, 1.82) is 0 Å². The molecule has 3 heterocycles. The highest BCUT2D eigenvalue weighted by atomic mass is 16.3. The van der Waals surface area contributed by atoms with Crippen LogP contribution in [0.4, 0.5) is 5.69 Å². The van der Waals surface area contributed by atoms with Crippen molar-refractivity contribution in [2.24, 2.45) is 11.8 Å². The van der Waals surface area contributed by atoms with E-state index in [0.29, 0.717) is 18.2 Å². The molecule has 2 saturated carbocycles. The maximum Gasteiger partial charge on any atom is 0.238 e. The lowest BCUT2D eigenvalue weighted by atomic mass is 9.81. The van der Waals surface area contributed by atoms with E-state index in [1.165, 1.54) is 57.9 Å². The molecular formula is C44H51N5O3. The predicted molar refractivity (Wildman–Crippen MR) is 199 cm³/mol. The van der Waals surface area contributed by atoms with Gasteiger partial charge in [-0.15, -0.1) is 0 Å². The molecule has 6 aliphatic rings. The van der Waals surface area contributed by atoms with Gasteiger partial charge in [0.2, 0.25) is 5.91 Å². The van der Waals surface area contributed by atoms with Gasteiger partial charge in [0.15, 0.2) is 0 Å². The zero-order valence-corrected chi connectivity index (χ0v) is 30.4. The minimum absolute atomic E-state index is 0.0311. The molecule has 5 aliphatic carbocycles. The van der Waals surface area contributed by atoms with Crippen molar-refractivity contribution in [3.63, 3.8) is 0 Å². The molecule has 0 radical (unpaired) electrons. The Morgan fingerprint density at radius 3 is 2.52 bits per heavy atom. The van der Waals surface area contributed by atoms with E-state index < -0.39 is 0 Å². The van der Waals surface area contributed by atoms with Gasteiger partial charge in [0, 0.05) is 42.6 Å². The number of carbonyl (C=O) groups is 2. The fourth-order valence-electron chi connectivity index (χ4n) is 10.6. The monoisotopic (exact) mass is 697 g/mol. The molecule has 8 heteroatoms. The minimum Gasteiger partial charge on any atom is -0.396 e. The number of carbonyl (C=O) groups excluding carboxylic acids is 2. The summed E-state index contributed by atoms with van der Waals surface area (Å²) < 4.78 is 2.38. The number of fused-ring (bicyclic) bond motifs is 6. The van der Waals surface area contributed by atoms with Gasteiger partial charge >= 0.3 is 0 Å². The van der Waals surface area contributed by atoms with E-state index in [9.17, 15) is 14.7 Å². The summed E-state index contributed by atoms with van der Waals surface area (Å²) in [6.07, 6.45) is 16.7. The number of aromatic amines is 1. The Labute approximate surface area is 306 Å². The molecule has 1 amide bonds. The SMILES string of the molecule is O=C1C(Cc2nc3c([nH]2)CCCC3)CCc2ccc(CC3CCc4c(nc(CN5C(=O)C6(CC6)c6ccccc65)n4CCCCO)C3)cc2C12CC2. The number of benzene rings is 2. The number of anilines is 1. The molecule has 1 aliphatic heterocycles. The van der Waals surface area contributed by atoms with Crippen LogP contribution in [0.15, 0.2) is 42.5 Å². The zero-order chi connectivity index (χ0) is 35.0. The number of H-pyrrole nitrogens is 1. The van der Waals surface area contributed by atoms with E-state index in [-0.39, 0.29) is 29.3 Å². The highest BCUT2D eigenvalue weighted by molar-refractivity contribution is 6.10. The second kappa shape index (κ2) is 12.5. The summed E-state index contributed by atoms with van der Waals surface area (Å²) in [6.45, 7) is 1.51. The molecular weight excluding hydrogens is 647 g/mol. The van der Waals surface area contributed by atoms with E-state index >= 15 is 0 Å². The number of aliphatic hydroxyl groups is 1. The van der Waals surface area contributed by atoms with Crippen molar-refractivity contribution in [3.8, 4) is 0 Å². The fourth-order valence-corrected chi connectivity index (χ4v) is 10.6. The van der Waals surface area contributed by atoms with Crippen LogP contribution < -0.4 is 4.90 Å². The molecule has 2 aromatic heterocycles. The van der Waals surface area contributed by atoms with Crippen LogP contribution in [-0.4, -0.2) is 42.9 Å². The number of aryl methyl sites for hydroxylation is 3. The van der Waals surface area contributed by atoms with Gasteiger partial charge < -0.3 is 19.6 Å². The molecule has 4 aromatic rings. The fraction of sp³-hybridized carbons (Fsp3) is 0.545. The molecule has 2 N–H and O–H groups in total. The average Bonchev–Trinajstić information content (AvgIpc) is 4.07. The van der Waals surface area contributed by atoms with Crippen LogP contribution in [0.3, 0.4) is 0 Å². The first-order chi connectivity index (χ1) is 25.5. The van der Waals surface area contributed by atoms with Gasteiger partial charge in [-0.1, -0.05) is 36.4 Å². The Kier molecular flexibility index (Phi) is 7.86. The number of Topliss-reactive ketones (excluding diaryl/α,β-unsaturated/α-hetero) is 1. The van der Waals surface area contributed by atoms with Crippen LogP contribution in [0.2, 0.25) is 0 Å². The summed E-state index contributed by atoms with van der Waals surface area (Å²) in [7, 11) is 0. The number of unbranched alkanes of at least 4 members (excludes halogenated alkanes) is 1. The van der Waals surface area contributed by atoms with E-state index in [2.05, 4.69) is 45.9 Å². The summed E-state index contributed by atoms with van der Waals surface area (Å²) in [5.41, 5.74) is 10.7. The summed E-state index contributed by atoms with van der Waals surface area (Å²) >= 11 is 0. The summed E-state index contributed by atoms with van der Waals surface area (Å²) in [6, 6.07) is 15.4. The number of hydrogen-bond acceptors (Lipinski definition) is 5. The number of para-hydroxylation sites is 1. The molecule has 0 saturated heterocycles. The topological polar surface area (TPSA) is 104 Å². The second-order valence-corrected chi connectivity index (χ2v) is 17.0. The lowest BCUT2D eigenvalue weighted by Gasteiger charge is -2.24. The van der Waals surface area contributed by atoms with E-state index in [1.807, 2.05) is 11.0 Å². The number of aliphatic hydroxyl groups excluding tert-OH is 1.